The van der Waals surface area contributed by atoms with Crippen LogP contribution >= 0.6 is 0 Å². The second-order valence-electron chi connectivity index (χ2n) is 4.88. The summed E-state index contributed by atoms with van der Waals surface area (Å²) in [4.78, 5) is 11.1. The molecule has 6 nitrogen and oxygen atoms in total. The zero-order chi connectivity index (χ0) is 15.7. The Hall–Kier alpha value is -1.67. The fraction of sp³-hybridized carbons (Fsp3) is 0.417. The van der Waals surface area contributed by atoms with Crippen LogP contribution in [0, 0.1) is 18.7 Å². The highest BCUT2D eigenvalue weighted by molar-refractivity contribution is 7.89. The number of aryl methyl sites for hydroxylation is 1. The van der Waals surface area contributed by atoms with Crippen molar-refractivity contribution in [3.05, 3.63) is 23.5 Å². The summed E-state index contributed by atoms with van der Waals surface area (Å²) >= 11 is 0. The second kappa shape index (κ2) is 5.76. The molecule has 0 aliphatic rings. The number of nitrogens with two attached hydrogens (primary N) is 2. The SMILES string of the molecule is Cc1cc(F)c(N)cc1S(=O)(=O)NC(C(N)=O)C(C)C. The molecule has 0 heterocycles. The Labute approximate surface area is 117 Å². The number of benzene rings is 1. The van der Waals surface area contributed by atoms with E-state index >= 15 is 0 Å². The predicted molar refractivity (Wildman–Crippen MR) is 73.7 cm³/mol. The summed E-state index contributed by atoms with van der Waals surface area (Å²) in [6.07, 6.45) is 0. The number of nitrogens with one attached hydrogen (secondary N) is 1. The van der Waals surface area contributed by atoms with Crippen molar-refractivity contribution < 1.29 is 17.6 Å². The normalized spacial score (nSPS) is 13.4. The molecule has 0 aromatic heterocycles. The van der Waals surface area contributed by atoms with Crippen LogP contribution in [0.25, 0.3) is 0 Å². The minimum atomic E-state index is -4.02. The zero-order valence-corrected chi connectivity index (χ0v) is 12.3. The molecule has 20 heavy (non-hydrogen) atoms. The quantitative estimate of drug-likeness (QED) is 0.687. The van der Waals surface area contributed by atoms with Gasteiger partial charge < -0.3 is 11.5 Å². The average molecular weight is 303 g/mol. The summed E-state index contributed by atoms with van der Waals surface area (Å²) in [5.74, 6) is -1.80. The number of nitrogen functional groups attached to an aromatic ring is 1. The molecule has 0 radical (unpaired) electrons. The van der Waals surface area contributed by atoms with Gasteiger partial charge in [-0.05, 0) is 30.5 Å². The van der Waals surface area contributed by atoms with E-state index in [0.717, 1.165) is 12.1 Å². The number of carbonyl (C=O) groups is 1. The van der Waals surface area contributed by atoms with Crippen molar-refractivity contribution in [1.82, 2.24) is 4.72 Å². The van der Waals surface area contributed by atoms with Gasteiger partial charge in [-0.1, -0.05) is 13.8 Å². The van der Waals surface area contributed by atoms with Crippen LogP contribution in [0.2, 0.25) is 0 Å². The first-order chi connectivity index (χ1) is 9.06. The molecule has 0 bridgehead atoms. The van der Waals surface area contributed by atoms with Crippen LogP contribution in [-0.2, 0) is 14.8 Å². The van der Waals surface area contributed by atoms with Crippen molar-refractivity contribution in [2.75, 3.05) is 5.73 Å². The van der Waals surface area contributed by atoms with Gasteiger partial charge in [-0.3, -0.25) is 4.79 Å². The Morgan fingerprint density at radius 2 is 1.90 bits per heavy atom. The summed E-state index contributed by atoms with van der Waals surface area (Å²) in [6, 6.07) is 0.995. The highest BCUT2D eigenvalue weighted by Crippen LogP contribution is 2.22. The van der Waals surface area contributed by atoms with Crippen molar-refractivity contribution in [3.63, 3.8) is 0 Å². The van der Waals surface area contributed by atoms with Gasteiger partial charge in [-0.2, -0.15) is 4.72 Å². The van der Waals surface area contributed by atoms with E-state index in [1.54, 1.807) is 13.8 Å². The molecule has 1 aromatic carbocycles. The summed E-state index contributed by atoms with van der Waals surface area (Å²) < 4.78 is 39.9. The van der Waals surface area contributed by atoms with Gasteiger partial charge in [0.25, 0.3) is 0 Å². The van der Waals surface area contributed by atoms with Crippen molar-refractivity contribution in [1.29, 1.82) is 0 Å². The van der Waals surface area contributed by atoms with Crippen molar-refractivity contribution in [3.8, 4) is 0 Å². The molecule has 0 aliphatic heterocycles. The third kappa shape index (κ3) is 3.45. The van der Waals surface area contributed by atoms with Crippen LogP contribution in [0.3, 0.4) is 0 Å². The fourth-order valence-electron chi connectivity index (χ4n) is 1.71. The van der Waals surface area contributed by atoms with E-state index in [9.17, 15) is 17.6 Å². The number of hydrogen-bond acceptors (Lipinski definition) is 4. The van der Waals surface area contributed by atoms with Crippen LogP contribution < -0.4 is 16.2 Å². The number of amides is 1. The maximum absolute atomic E-state index is 13.3. The molecule has 0 saturated carbocycles. The molecule has 1 atom stereocenters. The predicted octanol–water partition coefficient (Wildman–Crippen LogP) is 0.505. The Balaban J connectivity index is 3.24. The maximum Gasteiger partial charge on any atom is 0.241 e. The summed E-state index contributed by atoms with van der Waals surface area (Å²) in [5.41, 5.74) is 10.5. The van der Waals surface area contributed by atoms with E-state index < -0.39 is 27.8 Å². The standard InChI is InChI=1S/C12H18FN3O3S/c1-6(2)11(12(15)17)16-20(18,19)10-5-9(14)8(13)4-7(10)3/h4-6,11,16H,14H2,1-3H3,(H2,15,17). The van der Waals surface area contributed by atoms with Gasteiger partial charge in [0.15, 0.2) is 0 Å². The lowest BCUT2D eigenvalue weighted by molar-refractivity contribution is -0.120. The Morgan fingerprint density at radius 3 is 2.35 bits per heavy atom. The van der Waals surface area contributed by atoms with Gasteiger partial charge in [-0.25, -0.2) is 12.8 Å². The van der Waals surface area contributed by atoms with Crippen molar-refractivity contribution in [2.45, 2.75) is 31.7 Å². The molecule has 5 N–H and O–H groups in total. The lowest BCUT2D eigenvalue weighted by atomic mass is 10.1. The van der Waals surface area contributed by atoms with Gasteiger partial charge >= 0.3 is 0 Å². The van der Waals surface area contributed by atoms with Crippen LogP contribution in [-0.4, -0.2) is 20.4 Å². The Morgan fingerprint density at radius 1 is 1.35 bits per heavy atom. The van der Waals surface area contributed by atoms with Gasteiger partial charge in [-0.15, -0.1) is 0 Å². The first-order valence-corrected chi connectivity index (χ1v) is 7.42. The second-order valence-corrected chi connectivity index (χ2v) is 6.57. The molecule has 0 aliphatic carbocycles. The highest BCUT2D eigenvalue weighted by Gasteiger charge is 2.28. The molecule has 112 valence electrons. The number of carbonyl (C=O) groups excluding carboxylic acids is 1. The minimum Gasteiger partial charge on any atom is -0.396 e. The van der Waals surface area contributed by atoms with Gasteiger partial charge in [0, 0.05) is 0 Å². The molecule has 0 spiro atoms. The number of anilines is 1. The van der Waals surface area contributed by atoms with E-state index in [2.05, 4.69) is 4.72 Å². The summed E-state index contributed by atoms with van der Waals surface area (Å²) in [5, 5.41) is 0. The van der Waals surface area contributed by atoms with E-state index in [-0.39, 0.29) is 22.1 Å². The number of halogens is 1. The first kappa shape index (κ1) is 16.4. The molecule has 0 saturated heterocycles. The van der Waals surface area contributed by atoms with Crippen molar-refractivity contribution in [2.24, 2.45) is 11.7 Å². The van der Waals surface area contributed by atoms with E-state index in [0.29, 0.717) is 0 Å². The fourth-order valence-corrected chi connectivity index (χ4v) is 3.33. The highest BCUT2D eigenvalue weighted by atomic mass is 32.2. The van der Waals surface area contributed by atoms with Crippen LogP contribution in [0.1, 0.15) is 19.4 Å². The third-order valence-corrected chi connectivity index (χ3v) is 4.42. The Kier molecular flexibility index (Phi) is 4.72. The Bertz CT molecular complexity index is 629. The van der Waals surface area contributed by atoms with Crippen molar-refractivity contribution >= 4 is 21.6 Å². The number of hydrogen-bond donors (Lipinski definition) is 3. The summed E-state index contributed by atoms with van der Waals surface area (Å²) in [7, 11) is -4.02. The number of sulfonamides is 1. The topological polar surface area (TPSA) is 115 Å². The summed E-state index contributed by atoms with van der Waals surface area (Å²) in [6.45, 7) is 4.75. The first-order valence-electron chi connectivity index (χ1n) is 5.93. The monoisotopic (exact) mass is 303 g/mol. The number of primary amides is 1. The molecule has 1 amide bonds. The largest absolute Gasteiger partial charge is 0.396 e. The van der Waals surface area contributed by atoms with Crippen LogP contribution in [0.5, 0.6) is 0 Å². The van der Waals surface area contributed by atoms with E-state index in [4.69, 9.17) is 11.5 Å². The molecule has 1 unspecified atom stereocenters. The smallest absolute Gasteiger partial charge is 0.241 e. The maximum atomic E-state index is 13.3. The van der Waals surface area contributed by atoms with E-state index in [1.807, 2.05) is 0 Å². The third-order valence-electron chi connectivity index (χ3n) is 2.84. The zero-order valence-electron chi connectivity index (χ0n) is 11.5. The number of rotatable bonds is 5. The van der Waals surface area contributed by atoms with Gasteiger partial charge in [0.1, 0.15) is 11.9 Å². The lowest BCUT2D eigenvalue weighted by Crippen LogP contribution is -2.47. The molecule has 8 heteroatoms. The molecule has 1 rings (SSSR count). The minimum absolute atomic E-state index is 0.177. The molecular formula is C12H18FN3O3S. The van der Waals surface area contributed by atoms with Gasteiger partial charge in [0.2, 0.25) is 15.9 Å². The molecule has 1 aromatic rings. The molecular weight excluding hydrogens is 285 g/mol. The van der Waals surface area contributed by atoms with Gasteiger partial charge in [0.05, 0.1) is 10.6 Å². The average Bonchev–Trinajstić information content (AvgIpc) is 2.30. The van der Waals surface area contributed by atoms with E-state index in [1.165, 1.54) is 6.92 Å². The van der Waals surface area contributed by atoms with Crippen LogP contribution in [0.15, 0.2) is 17.0 Å². The lowest BCUT2D eigenvalue weighted by Gasteiger charge is -2.19. The molecule has 0 fully saturated rings. The van der Waals surface area contributed by atoms with Crippen LogP contribution in [0.4, 0.5) is 10.1 Å².